The van der Waals surface area contributed by atoms with Crippen LogP contribution in [0, 0.1) is 5.41 Å². The van der Waals surface area contributed by atoms with E-state index in [1.807, 2.05) is 25.2 Å². The summed E-state index contributed by atoms with van der Waals surface area (Å²) in [5.41, 5.74) is 2.45. The second-order valence-corrected chi connectivity index (χ2v) is 7.88. The van der Waals surface area contributed by atoms with Gasteiger partial charge in [-0.05, 0) is 48.4 Å². The van der Waals surface area contributed by atoms with Crippen LogP contribution in [0.1, 0.15) is 31.2 Å². The molecule has 28 heavy (non-hydrogen) atoms. The predicted octanol–water partition coefficient (Wildman–Crippen LogP) is 2.47. The molecular weight excluding hydrogens is 352 g/mol. The maximum atomic E-state index is 12.2. The quantitative estimate of drug-likeness (QED) is 0.617. The van der Waals surface area contributed by atoms with E-state index in [1.165, 1.54) is 25.7 Å². The second kappa shape index (κ2) is 8.04. The van der Waals surface area contributed by atoms with Gasteiger partial charge in [-0.1, -0.05) is 18.6 Å². The van der Waals surface area contributed by atoms with Gasteiger partial charge in [-0.15, -0.1) is 0 Å². The van der Waals surface area contributed by atoms with Gasteiger partial charge >= 0.3 is 0 Å². The minimum Gasteiger partial charge on any atom is -0.352 e. The van der Waals surface area contributed by atoms with E-state index in [0.29, 0.717) is 12.0 Å². The summed E-state index contributed by atoms with van der Waals surface area (Å²) in [5.74, 6) is 0.879. The van der Waals surface area contributed by atoms with Crippen LogP contribution in [0.4, 0.5) is 5.69 Å². The third kappa shape index (κ3) is 4.18. The van der Waals surface area contributed by atoms with E-state index in [2.05, 4.69) is 31.7 Å². The van der Waals surface area contributed by atoms with Crippen LogP contribution in [0.3, 0.4) is 0 Å². The monoisotopic (exact) mass is 380 g/mol. The van der Waals surface area contributed by atoms with Gasteiger partial charge in [0.1, 0.15) is 6.54 Å². The number of nitrogens with one attached hydrogen (secondary N) is 2. The Morgan fingerprint density at radius 3 is 2.86 bits per heavy atom. The number of carbonyl (C=O) groups excluding carboxylic acids is 1. The summed E-state index contributed by atoms with van der Waals surface area (Å²) >= 11 is 0. The van der Waals surface area contributed by atoms with E-state index in [9.17, 15) is 4.79 Å². The molecule has 2 heterocycles. The van der Waals surface area contributed by atoms with Crippen LogP contribution < -0.4 is 10.6 Å². The highest BCUT2D eigenvalue weighted by atomic mass is 16.2. The van der Waals surface area contributed by atoms with Gasteiger partial charge in [-0.25, -0.2) is 0 Å². The largest absolute Gasteiger partial charge is 0.352 e. The zero-order chi connectivity index (χ0) is 19.4. The van der Waals surface area contributed by atoms with Crippen molar-refractivity contribution in [2.45, 2.75) is 38.8 Å². The first-order valence-electron chi connectivity index (χ1n) is 9.98. The first-order chi connectivity index (χ1) is 13.7. The molecular formula is C21H28N6O. The van der Waals surface area contributed by atoms with E-state index in [1.54, 1.807) is 23.1 Å². The van der Waals surface area contributed by atoms with Crippen LogP contribution in [-0.2, 0) is 17.9 Å². The smallest absolute Gasteiger partial charge is 0.246 e. The van der Waals surface area contributed by atoms with E-state index in [4.69, 9.17) is 0 Å². The van der Waals surface area contributed by atoms with Crippen LogP contribution in [0.15, 0.2) is 47.7 Å². The average molecular weight is 380 g/mol. The topological polar surface area (TPSA) is 74.5 Å². The summed E-state index contributed by atoms with van der Waals surface area (Å²) in [6, 6.07) is 9.72. The molecule has 1 aliphatic carbocycles. The summed E-state index contributed by atoms with van der Waals surface area (Å²) < 4.78 is 1.61. The number of rotatable bonds is 5. The molecule has 4 rings (SSSR count). The summed E-state index contributed by atoms with van der Waals surface area (Å²) in [7, 11) is 1.85. The third-order valence-electron chi connectivity index (χ3n) is 5.89. The standard InChI is InChI=1S/C21H28N6O/c1-22-20(26-12-9-21(16-26)7-3-8-21)23-14-17-5-2-6-18(13-17)25-19(28)15-27-11-4-10-24-27/h2,4-6,10-11,13H,3,7-9,12,14-16H2,1H3,(H,22,23)(H,25,28). The number of carbonyl (C=O) groups is 1. The molecule has 1 spiro atoms. The maximum Gasteiger partial charge on any atom is 0.246 e. The minimum absolute atomic E-state index is 0.0903. The molecule has 1 aromatic carbocycles. The van der Waals surface area contributed by atoms with E-state index in [0.717, 1.165) is 30.3 Å². The minimum atomic E-state index is -0.0903. The number of hydrogen-bond acceptors (Lipinski definition) is 3. The number of benzene rings is 1. The molecule has 7 heteroatoms. The van der Waals surface area contributed by atoms with Gasteiger partial charge in [-0.3, -0.25) is 14.5 Å². The van der Waals surface area contributed by atoms with E-state index < -0.39 is 0 Å². The van der Waals surface area contributed by atoms with Crippen LogP contribution >= 0.6 is 0 Å². The van der Waals surface area contributed by atoms with Gasteiger partial charge in [0, 0.05) is 44.8 Å². The molecule has 0 unspecified atom stereocenters. The van der Waals surface area contributed by atoms with Gasteiger partial charge in [0.2, 0.25) is 5.91 Å². The molecule has 1 saturated carbocycles. The first kappa shape index (κ1) is 18.5. The summed E-state index contributed by atoms with van der Waals surface area (Å²) in [6.07, 6.45) is 8.82. The van der Waals surface area contributed by atoms with Crippen LogP contribution in [0.5, 0.6) is 0 Å². The Kier molecular flexibility index (Phi) is 5.32. The summed E-state index contributed by atoms with van der Waals surface area (Å²) in [4.78, 5) is 19.0. The number of nitrogens with zero attached hydrogens (tertiary/aromatic N) is 4. The van der Waals surface area contributed by atoms with Crippen molar-refractivity contribution in [1.82, 2.24) is 20.0 Å². The highest BCUT2D eigenvalue weighted by Gasteiger charge is 2.43. The highest BCUT2D eigenvalue weighted by molar-refractivity contribution is 5.90. The number of likely N-dealkylation sites (tertiary alicyclic amines) is 1. The van der Waals surface area contributed by atoms with Crippen molar-refractivity contribution < 1.29 is 4.79 Å². The Bertz CT molecular complexity index is 840. The van der Waals surface area contributed by atoms with E-state index in [-0.39, 0.29) is 12.5 Å². The zero-order valence-electron chi connectivity index (χ0n) is 16.4. The number of hydrogen-bond donors (Lipinski definition) is 2. The molecule has 1 aromatic heterocycles. The van der Waals surface area contributed by atoms with Crippen molar-refractivity contribution in [3.8, 4) is 0 Å². The Labute approximate surface area is 165 Å². The van der Waals surface area contributed by atoms with Crippen molar-refractivity contribution >= 4 is 17.6 Å². The number of aliphatic imine (C=N–C) groups is 1. The second-order valence-electron chi connectivity index (χ2n) is 7.88. The Morgan fingerprint density at radius 2 is 2.18 bits per heavy atom. The average Bonchev–Trinajstić information content (AvgIpc) is 3.32. The first-order valence-corrected chi connectivity index (χ1v) is 9.98. The van der Waals surface area contributed by atoms with Crippen molar-refractivity contribution in [3.63, 3.8) is 0 Å². The normalized spacial score (nSPS) is 18.2. The van der Waals surface area contributed by atoms with Crippen molar-refractivity contribution in [1.29, 1.82) is 0 Å². The summed E-state index contributed by atoms with van der Waals surface area (Å²) in [5, 5.41) is 10.5. The SMILES string of the molecule is CN=C(NCc1cccc(NC(=O)Cn2cccn2)c1)N1CCC2(CCC2)C1. The number of guanidine groups is 1. The lowest BCUT2D eigenvalue weighted by Gasteiger charge is -2.38. The Hall–Kier alpha value is -2.83. The Morgan fingerprint density at radius 1 is 1.29 bits per heavy atom. The van der Waals surface area contributed by atoms with Crippen molar-refractivity contribution in [3.05, 3.63) is 48.3 Å². The van der Waals surface area contributed by atoms with Gasteiger partial charge in [0.25, 0.3) is 0 Å². The molecule has 2 N–H and O–H groups in total. The van der Waals surface area contributed by atoms with Gasteiger partial charge < -0.3 is 15.5 Å². The molecule has 1 aliphatic heterocycles. The molecule has 2 fully saturated rings. The lowest BCUT2D eigenvalue weighted by Crippen LogP contribution is -2.42. The molecule has 2 aliphatic rings. The number of anilines is 1. The van der Waals surface area contributed by atoms with Crippen LogP contribution in [-0.4, -0.2) is 46.7 Å². The third-order valence-corrected chi connectivity index (χ3v) is 5.89. The van der Waals surface area contributed by atoms with Crippen molar-refractivity contribution in [2.75, 3.05) is 25.5 Å². The molecule has 0 bridgehead atoms. The lowest BCUT2D eigenvalue weighted by molar-refractivity contribution is -0.116. The molecule has 1 amide bonds. The van der Waals surface area contributed by atoms with E-state index >= 15 is 0 Å². The Balaban J connectivity index is 1.31. The fourth-order valence-corrected chi connectivity index (χ4v) is 4.21. The molecule has 2 aromatic rings. The fraction of sp³-hybridized carbons (Fsp3) is 0.476. The molecule has 7 nitrogen and oxygen atoms in total. The van der Waals surface area contributed by atoms with Crippen molar-refractivity contribution in [2.24, 2.45) is 10.4 Å². The predicted molar refractivity (Wildman–Crippen MR) is 110 cm³/mol. The maximum absolute atomic E-state index is 12.2. The van der Waals surface area contributed by atoms with Gasteiger partial charge in [0.05, 0.1) is 0 Å². The molecule has 0 radical (unpaired) electrons. The van der Waals surface area contributed by atoms with Gasteiger partial charge in [-0.2, -0.15) is 5.10 Å². The fourth-order valence-electron chi connectivity index (χ4n) is 4.21. The summed E-state index contributed by atoms with van der Waals surface area (Å²) in [6.45, 7) is 3.09. The molecule has 148 valence electrons. The number of aromatic nitrogens is 2. The molecule has 1 saturated heterocycles. The lowest BCUT2D eigenvalue weighted by atomic mass is 9.68. The molecule has 0 atom stereocenters. The van der Waals surface area contributed by atoms with Crippen LogP contribution in [0.2, 0.25) is 0 Å². The highest BCUT2D eigenvalue weighted by Crippen LogP contribution is 2.47. The number of amides is 1. The zero-order valence-corrected chi connectivity index (χ0v) is 16.4. The van der Waals surface area contributed by atoms with Crippen LogP contribution in [0.25, 0.3) is 0 Å². The van der Waals surface area contributed by atoms with Gasteiger partial charge in [0.15, 0.2) is 5.96 Å².